The van der Waals surface area contributed by atoms with Gasteiger partial charge in [0.15, 0.2) is 0 Å². The molecule has 0 aliphatic heterocycles. The molecule has 0 N–H and O–H groups in total. The highest BCUT2D eigenvalue weighted by Gasteiger charge is 2.17. The molecule has 0 saturated heterocycles. The van der Waals surface area contributed by atoms with Crippen LogP contribution in [-0.2, 0) is 4.74 Å². The van der Waals surface area contributed by atoms with E-state index in [0.717, 1.165) is 0 Å². The summed E-state index contributed by atoms with van der Waals surface area (Å²) >= 11 is 5.58. The molecular formula is C8H9ClN2O3. The summed E-state index contributed by atoms with van der Waals surface area (Å²) in [5, 5.41) is 0.119. The standard InChI is InChI=1S/C8H9ClN2O3/c1-3-14-8(12)6-7(13-2)10-4-5(9)11-6/h4H,3H2,1-2H3. The van der Waals surface area contributed by atoms with Crippen LogP contribution in [0.2, 0.25) is 5.15 Å². The first-order valence-corrected chi connectivity index (χ1v) is 4.30. The minimum atomic E-state index is -0.598. The largest absolute Gasteiger partial charge is 0.479 e. The Balaban J connectivity index is 3.03. The normalized spacial score (nSPS) is 9.64. The lowest BCUT2D eigenvalue weighted by Gasteiger charge is -2.05. The second-order valence-corrected chi connectivity index (χ2v) is 2.66. The average molecular weight is 217 g/mol. The molecule has 1 aromatic heterocycles. The van der Waals surface area contributed by atoms with Gasteiger partial charge >= 0.3 is 5.97 Å². The molecule has 76 valence electrons. The van der Waals surface area contributed by atoms with Crippen molar-refractivity contribution in [3.8, 4) is 5.88 Å². The van der Waals surface area contributed by atoms with Gasteiger partial charge in [0.1, 0.15) is 5.15 Å². The zero-order valence-electron chi connectivity index (χ0n) is 7.78. The van der Waals surface area contributed by atoms with Crippen molar-refractivity contribution in [2.45, 2.75) is 6.92 Å². The number of methoxy groups -OCH3 is 1. The van der Waals surface area contributed by atoms with Crippen molar-refractivity contribution in [3.63, 3.8) is 0 Å². The third-order valence-electron chi connectivity index (χ3n) is 1.37. The minimum Gasteiger partial charge on any atom is -0.479 e. The van der Waals surface area contributed by atoms with Gasteiger partial charge in [-0.15, -0.1) is 0 Å². The van der Waals surface area contributed by atoms with Crippen LogP contribution in [0.4, 0.5) is 0 Å². The highest BCUT2D eigenvalue weighted by atomic mass is 35.5. The number of rotatable bonds is 3. The summed E-state index contributed by atoms with van der Waals surface area (Å²) in [6, 6.07) is 0. The summed E-state index contributed by atoms with van der Waals surface area (Å²) in [7, 11) is 1.39. The van der Waals surface area contributed by atoms with E-state index >= 15 is 0 Å². The predicted octanol–water partition coefficient (Wildman–Crippen LogP) is 1.32. The molecule has 1 heterocycles. The zero-order valence-corrected chi connectivity index (χ0v) is 8.54. The molecule has 0 aromatic carbocycles. The van der Waals surface area contributed by atoms with Crippen LogP contribution in [0.5, 0.6) is 5.88 Å². The van der Waals surface area contributed by atoms with Crippen molar-refractivity contribution in [2.24, 2.45) is 0 Å². The fourth-order valence-corrected chi connectivity index (χ4v) is 0.972. The second-order valence-electron chi connectivity index (χ2n) is 2.27. The Hall–Kier alpha value is -1.36. The van der Waals surface area contributed by atoms with Gasteiger partial charge in [-0.1, -0.05) is 11.6 Å². The van der Waals surface area contributed by atoms with Crippen molar-refractivity contribution in [1.82, 2.24) is 9.97 Å². The van der Waals surface area contributed by atoms with Crippen molar-refractivity contribution in [2.75, 3.05) is 13.7 Å². The molecule has 6 heteroatoms. The fourth-order valence-electron chi connectivity index (χ4n) is 0.838. The van der Waals surface area contributed by atoms with Gasteiger partial charge in [0.2, 0.25) is 11.6 Å². The Morgan fingerprint density at radius 3 is 2.93 bits per heavy atom. The lowest BCUT2D eigenvalue weighted by Crippen LogP contribution is -2.10. The van der Waals surface area contributed by atoms with Crippen molar-refractivity contribution in [3.05, 3.63) is 17.0 Å². The van der Waals surface area contributed by atoms with Crippen LogP contribution in [0.25, 0.3) is 0 Å². The molecule has 0 amide bonds. The van der Waals surface area contributed by atoms with Gasteiger partial charge in [-0.25, -0.2) is 14.8 Å². The lowest BCUT2D eigenvalue weighted by atomic mass is 10.4. The van der Waals surface area contributed by atoms with Crippen LogP contribution in [0, 0.1) is 0 Å². The predicted molar refractivity (Wildman–Crippen MR) is 49.6 cm³/mol. The smallest absolute Gasteiger partial charge is 0.362 e. The molecule has 1 rings (SSSR count). The number of hydrogen-bond acceptors (Lipinski definition) is 5. The monoisotopic (exact) mass is 216 g/mol. The van der Waals surface area contributed by atoms with E-state index in [0.29, 0.717) is 0 Å². The topological polar surface area (TPSA) is 61.3 Å². The molecule has 0 spiro atoms. The van der Waals surface area contributed by atoms with Gasteiger partial charge in [0, 0.05) is 0 Å². The number of aromatic nitrogens is 2. The summed E-state index contributed by atoms with van der Waals surface area (Å²) < 4.78 is 9.58. The third kappa shape index (κ3) is 2.32. The van der Waals surface area contributed by atoms with Gasteiger partial charge < -0.3 is 9.47 Å². The maximum absolute atomic E-state index is 11.3. The minimum absolute atomic E-state index is 0.0122. The molecule has 14 heavy (non-hydrogen) atoms. The zero-order chi connectivity index (χ0) is 10.6. The Morgan fingerprint density at radius 1 is 1.64 bits per heavy atom. The quantitative estimate of drug-likeness (QED) is 0.713. The molecule has 0 unspecified atom stereocenters. The molecule has 0 aliphatic carbocycles. The summed E-state index contributed by atoms with van der Waals surface area (Å²) in [4.78, 5) is 18.9. The van der Waals surface area contributed by atoms with Crippen molar-refractivity contribution < 1.29 is 14.3 Å². The van der Waals surface area contributed by atoms with Gasteiger partial charge in [-0.05, 0) is 6.92 Å². The highest BCUT2D eigenvalue weighted by Crippen LogP contribution is 2.15. The number of ether oxygens (including phenoxy) is 2. The number of carbonyl (C=O) groups excluding carboxylic acids is 1. The van der Waals surface area contributed by atoms with E-state index in [4.69, 9.17) is 21.1 Å². The molecule has 0 bridgehead atoms. The van der Waals surface area contributed by atoms with E-state index in [1.54, 1.807) is 6.92 Å². The summed E-state index contributed by atoms with van der Waals surface area (Å²) in [6.45, 7) is 1.96. The van der Waals surface area contributed by atoms with Gasteiger partial charge in [0.25, 0.3) is 0 Å². The maximum Gasteiger partial charge on any atom is 0.362 e. The number of nitrogens with zero attached hydrogens (tertiary/aromatic N) is 2. The first-order chi connectivity index (χ1) is 6.69. The van der Waals surface area contributed by atoms with E-state index in [1.165, 1.54) is 13.3 Å². The molecule has 0 fully saturated rings. The molecule has 0 atom stereocenters. The Bertz CT molecular complexity index is 343. The first kappa shape index (κ1) is 10.7. The van der Waals surface area contributed by atoms with Crippen LogP contribution in [-0.4, -0.2) is 29.7 Å². The van der Waals surface area contributed by atoms with Gasteiger partial charge in [-0.2, -0.15) is 0 Å². The van der Waals surface area contributed by atoms with E-state index in [-0.39, 0.29) is 23.3 Å². The van der Waals surface area contributed by atoms with E-state index in [1.807, 2.05) is 0 Å². The highest BCUT2D eigenvalue weighted by molar-refractivity contribution is 6.29. The van der Waals surface area contributed by atoms with Gasteiger partial charge in [0.05, 0.1) is 19.9 Å². The molecule has 0 radical (unpaired) electrons. The second kappa shape index (κ2) is 4.76. The van der Waals surface area contributed by atoms with E-state index in [9.17, 15) is 4.79 Å². The van der Waals surface area contributed by atoms with Crippen LogP contribution >= 0.6 is 11.6 Å². The Kier molecular flexibility index (Phi) is 3.64. The van der Waals surface area contributed by atoms with Crippen LogP contribution in [0.15, 0.2) is 6.20 Å². The first-order valence-electron chi connectivity index (χ1n) is 3.92. The summed E-state index contributed by atoms with van der Waals surface area (Å²) in [5.41, 5.74) is -0.0122. The molecule has 1 aromatic rings. The maximum atomic E-state index is 11.3. The van der Waals surface area contributed by atoms with E-state index < -0.39 is 5.97 Å². The fraction of sp³-hybridized carbons (Fsp3) is 0.375. The van der Waals surface area contributed by atoms with Gasteiger partial charge in [-0.3, -0.25) is 0 Å². The molecule has 0 saturated carbocycles. The number of hydrogen-bond donors (Lipinski definition) is 0. The summed E-state index contributed by atoms with van der Waals surface area (Å²) in [6.07, 6.45) is 1.29. The SMILES string of the molecule is CCOC(=O)c1nc(Cl)cnc1OC. The molecule has 0 aliphatic rings. The Morgan fingerprint density at radius 2 is 2.36 bits per heavy atom. The number of halogens is 1. The van der Waals surface area contributed by atoms with Crippen molar-refractivity contribution >= 4 is 17.6 Å². The summed E-state index contributed by atoms with van der Waals surface area (Å²) in [5.74, 6) is -0.493. The molecular weight excluding hydrogens is 208 g/mol. The van der Waals surface area contributed by atoms with Crippen molar-refractivity contribution in [1.29, 1.82) is 0 Å². The lowest BCUT2D eigenvalue weighted by molar-refractivity contribution is 0.0514. The van der Waals surface area contributed by atoms with Crippen LogP contribution in [0.1, 0.15) is 17.4 Å². The number of carbonyl (C=O) groups is 1. The van der Waals surface area contributed by atoms with E-state index in [2.05, 4.69) is 9.97 Å². The average Bonchev–Trinajstić information content (AvgIpc) is 2.18. The Labute approximate surface area is 86.0 Å². The van der Waals surface area contributed by atoms with Crippen LogP contribution < -0.4 is 4.74 Å². The third-order valence-corrected chi connectivity index (χ3v) is 1.55. The van der Waals surface area contributed by atoms with Crippen LogP contribution in [0.3, 0.4) is 0 Å². The number of esters is 1. The molecule has 5 nitrogen and oxygen atoms in total.